The standard InChI is InChI=1S/C24H28F3N5O4/c1-12(28)19-18(20(33)29-10-11-30-22(34)23(2,3)4)32-21(36-19)14-6-8-15(35-5)17-13(14)7-9-16(31-17)24(25,26)27/h6-9,12H,10-11,28H2,1-5H3,(H,29,33)(H,30,34)/t12-/m0/s1. The average Bonchev–Trinajstić information content (AvgIpc) is 3.25. The molecule has 194 valence electrons. The van der Waals surface area contributed by atoms with Crippen LogP contribution < -0.4 is 21.1 Å². The van der Waals surface area contributed by atoms with Gasteiger partial charge in [-0.25, -0.2) is 9.97 Å². The lowest BCUT2D eigenvalue weighted by atomic mass is 9.96. The number of amides is 2. The smallest absolute Gasteiger partial charge is 0.433 e. The van der Waals surface area contributed by atoms with Gasteiger partial charge in [0.2, 0.25) is 11.8 Å². The van der Waals surface area contributed by atoms with Gasteiger partial charge in [0, 0.05) is 29.5 Å². The fourth-order valence-corrected chi connectivity index (χ4v) is 3.32. The first-order valence-electron chi connectivity index (χ1n) is 11.1. The van der Waals surface area contributed by atoms with E-state index in [2.05, 4.69) is 20.6 Å². The summed E-state index contributed by atoms with van der Waals surface area (Å²) in [7, 11) is 1.32. The maximum atomic E-state index is 13.2. The van der Waals surface area contributed by atoms with Crippen LogP contribution >= 0.6 is 0 Å². The van der Waals surface area contributed by atoms with Crippen LogP contribution in [0.4, 0.5) is 13.2 Å². The van der Waals surface area contributed by atoms with Gasteiger partial charge < -0.3 is 25.5 Å². The van der Waals surface area contributed by atoms with Crippen molar-refractivity contribution in [3.05, 3.63) is 41.4 Å². The van der Waals surface area contributed by atoms with Gasteiger partial charge in [0.1, 0.15) is 17.0 Å². The van der Waals surface area contributed by atoms with Crippen molar-refractivity contribution in [3.63, 3.8) is 0 Å². The Morgan fingerprint density at radius 1 is 1.08 bits per heavy atom. The molecule has 0 saturated heterocycles. The fourth-order valence-electron chi connectivity index (χ4n) is 3.32. The van der Waals surface area contributed by atoms with Gasteiger partial charge in [-0.2, -0.15) is 13.2 Å². The number of aromatic nitrogens is 2. The van der Waals surface area contributed by atoms with Crippen LogP contribution in [-0.2, 0) is 11.0 Å². The average molecular weight is 508 g/mol. The molecule has 12 heteroatoms. The Morgan fingerprint density at radius 2 is 1.75 bits per heavy atom. The topological polar surface area (TPSA) is 132 Å². The fraction of sp³-hybridized carbons (Fsp3) is 0.417. The van der Waals surface area contributed by atoms with E-state index in [4.69, 9.17) is 14.9 Å². The normalized spacial score (nSPS) is 12.9. The van der Waals surface area contributed by atoms with Gasteiger partial charge in [-0.15, -0.1) is 0 Å². The molecule has 0 saturated carbocycles. The third-order valence-electron chi connectivity index (χ3n) is 5.22. The number of nitrogens with zero attached hydrogens (tertiary/aromatic N) is 2. The molecule has 0 aliphatic carbocycles. The lowest BCUT2D eigenvalue weighted by Gasteiger charge is -2.17. The Kier molecular flexibility index (Phi) is 7.58. The highest BCUT2D eigenvalue weighted by Gasteiger charge is 2.33. The summed E-state index contributed by atoms with van der Waals surface area (Å²) < 4.78 is 50.7. The Labute approximate surface area is 205 Å². The molecule has 2 aromatic heterocycles. The summed E-state index contributed by atoms with van der Waals surface area (Å²) in [6.45, 7) is 7.26. The van der Waals surface area contributed by atoms with E-state index in [0.717, 1.165) is 6.07 Å². The Morgan fingerprint density at radius 3 is 2.33 bits per heavy atom. The molecular formula is C24H28F3N5O4. The monoisotopic (exact) mass is 507 g/mol. The van der Waals surface area contributed by atoms with Gasteiger partial charge in [0.25, 0.3) is 5.91 Å². The molecule has 1 aromatic carbocycles. The highest BCUT2D eigenvalue weighted by atomic mass is 19.4. The van der Waals surface area contributed by atoms with Crippen molar-refractivity contribution in [1.29, 1.82) is 0 Å². The van der Waals surface area contributed by atoms with Crippen molar-refractivity contribution in [1.82, 2.24) is 20.6 Å². The van der Waals surface area contributed by atoms with E-state index < -0.39 is 29.2 Å². The first-order valence-corrected chi connectivity index (χ1v) is 11.1. The largest absolute Gasteiger partial charge is 0.494 e. The summed E-state index contributed by atoms with van der Waals surface area (Å²) >= 11 is 0. The van der Waals surface area contributed by atoms with Crippen LogP contribution in [0.5, 0.6) is 5.75 Å². The Hall–Kier alpha value is -3.67. The van der Waals surface area contributed by atoms with Gasteiger partial charge in [0.15, 0.2) is 11.5 Å². The molecule has 2 heterocycles. The van der Waals surface area contributed by atoms with Gasteiger partial charge in [-0.3, -0.25) is 9.59 Å². The van der Waals surface area contributed by atoms with Crippen molar-refractivity contribution in [2.75, 3.05) is 20.2 Å². The van der Waals surface area contributed by atoms with E-state index >= 15 is 0 Å². The van der Waals surface area contributed by atoms with E-state index in [-0.39, 0.29) is 53.0 Å². The summed E-state index contributed by atoms with van der Waals surface area (Å²) in [4.78, 5) is 32.8. The van der Waals surface area contributed by atoms with E-state index in [9.17, 15) is 22.8 Å². The number of nitrogens with two attached hydrogens (primary N) is 1. The predicted octanol–water partition coefficient (Wildman–Crippen LogP) is 3.83. The number of ether oxygens (including phenoxy) is 1. The molecule has 36 heavy (non-hydrogen) atoms. The molecule has 0 bridgehead atoms. The third-order valence-corrected chi connectivity index (χ3v) is 5.22. The van der Waals surface area contributed by atoms with Crippen LogP contribution in [0.15, 0.2) is 28.7 Å². The Balaban J connectivity index is 1.93. The second kappa shape index (κ2) is 10.1. The van der Waals surface area contributed by atoms with Gasteiger partial charge >= 0.3 is 6.18 Å². The molecule has 2 amide bonds. The number of carbonyl (C=O) groups is 2. The number of methoxy groups -OCH3 is 1. The molecule has 0 aliphatic heterocycles. The summed E-state index contributed by atoms with van der Waals surface area (Å²) in [6, 6.07) is 4.39. The lowest BCUT2D eigenvalue weighted by molar-refractivity contribution is -0.141. The molecule has 0 radical (unpaired) electrons. The number of halogens is 3. The maximum absolute atomic E-state index is 13.2. The van der Waals surface area contributed by atoms with Gasteiger partial charge in [0.05, 0.1) is 13.2 Å². The molecule has 0 unspecified atom stereocenters. The Bertz CT molecular complexity index is 1280. The number of oxazole rings is 1. The minimum Gasteiger partial charge on any atom is -0.494 e. The number of rotatable bonds is 7. The zero-order valence-electron chi connectivity index (χ0n) is 20.5. The third kappa shape index (κ3) is 5.76. The number of fused-ring (bicyclic) bond motifs is 1. The minimum absolute atomic E-state index is 0.0114. The second-order valence-electron chi connectivity index (χ2n) is 9.19. The number of pyridine rings is 1. The molecule has 3 aromatic rings. The highest BCUT2D eigenvalue weighted by molar-refractivity contribution is 5.98. The van der Waals surface area contributed by atoms with Crippen molar-refractivity contribution < 1.29 is 31.9 Å². The molecule has 9 nitrogen and oxygen atoms in total. The quantitative estimate of drug-likeness (QED) is 0.414. The zero-order chi connectivity index (χ0) is 26.8. The van der Waals surface area contributed by atoms with Crippen molar-refractivity contribution in [2.24, 2.45) is 11.1 Å². The van der Waals surface area contributed by atoms with Gasteiger partial charge in [-0.05, 0) is 31.2 Å². The number of alkyl halides is 3. The molecular weight excluding hydrogens is 479 g/mol. The second-order valence-corrected chi connectivity index (χ2v) is 9.19. The molecule has 1 atom stereocenters. The lowest BCUT2D eigenvalue weighted by Crippen LogP contribution is -2.40. The van der Waals surface area contributed by atoms with E-state index in [1.165, 1.54) is 19.2 Å². The van der Waals surface area contributed by atoms with E-state index in [0.29, 0.717) is 5.56 Å². The molecule has 0 aliphatic rings. The molecule has 0 fully saturated rings. The van der Waals surface area contributed by atoms with Gasteiger partial charge in [-0.1, -0.05) is 20.8 Å². The van der Waals surface area contributed by atoms with Crippen LogP contribution in [0.2, 0.25) is 0 Å². The number of carbonyl (C=O) groups excluding carboxylic acids is 2. The van der Waals surface area contributed by atoms with Crippen LogP contribution in [-0.4, -0.2) is 42.0 Å². The van der Waals surface area contributed by atoms with Crippen molar-refractivity contribution in [2.45, 2.75) is 39.9 Å². The first kappa shape index (κ1) is 26.9. The van der Waals surface area contributed by atoms with Crippen LogP contribution in [0.25, 0.3) is 22.4 Å². The minimum atomic E-state index is -4.64. The van der Waals surface area contributed by atoms with E-state index in [1.807, 2.05) is 0 Å². The maximum Gasteiger partial charge on any atom is 0.433 e. The summed E-state index contributed by atoms with van der Waals surface area (Å²) in [5.74, 6) is -0.509. The molecule has 0 spiro atoms. The summed E-state index contributed by atoms with van der Waals surface area (Å²) in [5, 5.41) is 5.67. The first-order chi connectivity index (χ1) is 16.7. The highest BCUT2D eigenvalue weighted by Crippen LogP contribution is 2.37. The number of hydrogen-bond acceptors (Lipinski definition) is 7. The zero-order valence-corrected chi connectivity index (χ0v) is 20.5. The summed E-state index contributed by atoms with van der Waals surface area (Å²) in [5.41, 5.74) is 4.55. The van der Waals surface area contributed by atoms with Crippen LogP contribution in [0.3, 0.4) is 0 Å². The van der Waals surface area contributed by atoms with E-state index in [1.54, 1.807) is 33.8 Å². The molecule has 3 rings (SSSR count). The van der Waals surface area contributed by atoms with Crippen LogP contribution in [0, 0.1) is 5.41 Å². The van der Waals surface area contributed by atoms with Crippen LogP contribution in [0.1, 0.15) is 55.7 Å². The van der Waals surface area contributed by atoms with Crippen molar-refractivity contribution in [3.8, 4) is 17.2 Å². The number of nitrogens with one attached hydrogen (secondary N) is 2. The van der Waals surface area contributed by atoms with Crippen molar-refractivity contribution >= 4 is 22.7 Å². The summed E-state index contributed by atoms with van der Waals surface area (Å²) in [6.07, 6.45) is -4.64. The SMILES string of the molecule is COc1ccc(-c2nc(C(=O)NCCNC(=O)C(C)(C)C)c([C@H](C)N)o2)c2ccc(C(F)(F)F)nc12. The molecule has 4 N–H and O–H groups in total. The predicted molar refractivity (Wildman–Crippen MR) is 126 cm³/mol. The number of hydrogen-bond donors (Lipinski definition) is 3. The number of benzene rings is 1.